The Labute approximate surface area is 268 Å². The zero-order chi connectivity index (χ0) is 35.3. The quantitative estimate of drug-likeness (QED) is 0.101. The van der Waals surface area contributed by atoms with Gasteiger partial charge in [-0.1, -0.05) is 13.3 Å². The molecule has 8 amide bonds. The number of primary amides is 1. The average Bonchev–Trinajstić information content (AvgIpc) is 2.99. The summed E-state index contributed by atoms with van der Waals surface area (Å²) in [5.41, 5.74) is 16.1. The van der Waals surface area contributed by atoms with Crippen LogP contribution in [-0.4, -0.2) is 125 Å². The first kappa shape index (κ1) is 38.1. The number of aliphatic hydroxyl groups excluding tert-OH is 3. The van der Waals surface area contributed by atoms with Crippen LogP contribution in [0.15, 0.2) is 16.9 Å². The van der Waals surface area contributed by atoms with E-state index in [1.54, 1.807) is 0 Å². The fraction of sp³-hybridized carbons (Fsp3) is 0.600. The largest absolute Gasteiger partial charge is 0.394 e. The minimum Gasteiger partial charge on any atom is -0.394 e. The normalized spacial score (nSPS) is 27.9. The minimum absolute atomic E-state index is 0.210. The van der Waals surface area contributed by atoms with Crippen LogP contribution in [0.5, 0.6) is 0 Å². The first-order valence-electron chi connectivity index (χ1n) is 14.5. The number of amides is 8. The standard InChI is InChI=1S/C25H42N12O10/c1-2-3-10(26)4-16(40)31-13-6-29-19(42)12(7-30-25(28)47)32-21(44)14(8-38)33-22(45)15(9-39)34-23(46)18(37-20(13)43)11-5-17(41)36-24(27)35-11/h7,10-11,13-15,17-18,38-39,41H,2-6,8-9,26H2,1H3,(H,29,42)(H,31,40)(H,32,44)(H,33,45)(H,34,46)(H,37,43)(H3,27,35,36)(H3,28,30,47)/b12-7+/t10-,11+,13+,14-,15-,17-,18-/m0/s1. The van der Waals surface area contributed by atoms with Gasteiger partial charge >= 0.3 is 6.03 Å². The van der Waals surface area contributed by atoms with Crippen molar-refractivity contribution in [3.8, 4) is 0 Å². The SMILES string of the molecule is CCC[C@H](N)CC(=O)N[C@@H]1CNC(=O)/C(=C\NC(N)=O)NC(=O)[C@H](CO)NC(=O)[C@H](CO)NC(=O)[C@H]([C@H]2C[C@H](O)N=C(N)N2)NC1=O. The van der Waals surface area contributed by atoms with Crippen LogP contribution in [0.25, 0.3) is 0 Å². The third-order valence-electron chi connectivity index (χ3n) is 6.79. The van der Waals surface area contributed by atoms with Gasteiger partial charge in [-0.3, -0.25) is 28.8 Å². The first-order valence-corrected chi connectivity index (χ1v) is 14.5. The summed E-state index contributed by atoms with van der Waals surface area (Å²) in [4.78, 5) is 93.8. The van der Waals surface area contributed by atoms with Gasteiger partial charge in [-0.15, -0.1) is 0 Å². The maximum absolute atomic E-state index is 13.6. The molecule has 0 spiro atoms. The molecule has 0 unspecified atom stereocenters. The maximum atomic E-state index is 13.6. The van der Waals surface area contributed by atoms with Crippen molar-refractivity contribution in [2.45, 2.75) is 75.1 Å². The van der Waals surface area contributed by atoms with Crippen LogP contribution < -0.4 is 59.7 Å². The second kappa shape index (κ2) is 18.2. The molecule has 2 aliphatic rings. The summed E-state index contributed by atoms with van der Waals surface area (Å²) in [6.07, 6.45) is -0.0355. The Morgan fingerprint density at radius 2 is 1.64 bits per heavy atom. The molecular weight excluding hydrogens is 628 g/mol. The van der Waals surface area contributed by atoms with Gasteiger partial charge in [-0.2, -0.15) is 0 Å². The number of carbonyl (C=O) groups is 7. The van der Waals surface area contributed by atoms with E-state index in [-0.39, 0.29) is 18.8 Å². The maximum Gasteiger partial charge on any atom is 0.316 e. The lowest BCUT2D eigenvalue weighted by molar-refractivity contribution is -0.136. The predicted octanol–water partition coefficient (Wildman–Crippen LogP) is -7.82. The lowest BCUT2D eigenvalue weighted by atomic mass is 10.0. The van der Waals surface area contributed by atoms with Crippen LogP contribution in [-0.2, 0) is 28.8 Å². The molecule has 0 aromatic carbocycles. The van der Waals surface area contributed by atoms with E-state index in [0.29, 0.717) is 19.0 Å². The number of hydrogen-bond acceptors (Lipinski definition) is 14. The fourth-order valence-electron chi connectivity index (χ4n) is 4.46. The van der Waals surface area contributed by atoms with Gasteiger partial charge in [0.05, 0.1) is 19.3 Å². The fourth-order valence-corrected chi connectivity index (χ4v) is 4.46. The molecule has 0 radical (unpaired) electrons. The molecule has 0 aromatic heterocycles. The van der Waals surface area contributed by atoms with E-state index in [2.05, 4.69) is 42.2 Å². The van der Waals surface area contributed by atoms with Crippen molar-refractivity contribution < 1.29 is 48.9 Å². The van der Waals surface area contributed by atoms with Gasteiger partial charge in [-0.25, -0.2) is 9.79 Å². The Kier molecular flexibility index (Phi) is 14.7. The van der Waals surface area contributed by atoms with E-state index in [1.807, 2.05) is 12.2 Å². The van der Waals surface area contributed by atoms with Gasteiger partial charge in [0.15, 0.2) is 12.2 Å². The van der Waals surface area contributed by atoms with Crippen LogP contribution in [0.3, 0.4) is 0 Å². The Balaban J connectivity index is 2.57. The first-order chi connectivity index (χ1) is 22.2. The van der Waals surface area contributed by atoms with E-state index < -0.39 is 109 Å². The third kappa shape index (κ3) is 12.0. The van der Waals surface area contributed by atoms with Crippen LogP contribution in [0.1, 0.15) is 32.6 Å². The number of guanidine groups is 1. The highest BCUT2D eigenvalue weighted by Crippen LogP contribution is 2.11. The summed E-state index contributed by atoms with van der Waals surface area (Å²) < 4.78 is 0. The zero-order valence-corrected chi connectivity index (χ0v) is 25.4. The second-order valence-electron chi connectivity index (χ2n) is 10.6. The molecule has 47 heavy (non-hydrogen) atoms. The third-order valence-corrected chi connectivity index (χ3v) is 6.79. The number of rotatable bonds is 9. The number of nitrogens with two attached hydrogens (primary N) is 3. The van der Waals surface area contributed by atoms with Gasteiger partial charge in [-0.05, 0) is 6.42 Å². The number of urea groups is 1. The second-order valence-corrected chi connectivity index (χ2v) is 10.6. The highest BCUT2D eigenvalue weighted by molar-refractivity contribution is 6.01. The number of aliphatic imine (C=N–C) groups is 1. The molecule has 2 rings (SSSR count). The van der Waals surface area contributed by atoms with Crippen molar-refractivity contribution in [2.24, 2.45) is 22.2 Å². The number of carbonyl (C=O) groups excluding carboxylic acids is 7. The number of aliphatic hydroxyl groups is 3. The smallest absolute Gasteiger partial charge is 0.316 e. The van der Waals surface area contributed by atoms with Crippen LogP contribution >= 0.6 is 0 Å². The van der Waals surface area contributed by atoms with Gasteiger partial charge < -0.3 is 75.1 Å². The van der Waals surface area contributed by atoms with Gasteiger partial charge in [0.2, 0.25) is 29.5 Å². The Bertz CT molecular complexity index is 1260. The van der Waals surface area contributed by atoms with E-state index in [1.165, 1.54) is 0 Å². The molecule has 17 N–H and O–H groups in total. The van der Waals surface area contributed by atoms with Crippen molar-refractivity contribution >= 4 is 47.4 Å². The lowest BCUT2D eigenvalue weighted by Gasteiger charge is -2.34. The molecule has 2 aliphatic heterocycles. The molecule has 7 atom stereocenters. The number of nitrogens with one attached hydrogen (secondary N) is 8. The molecular formula is C25H42N12O10. The predicted molar refractivity (Wildman–Crippen MR) is 161 cm³/mol. The Morgan fingerprint density at radius 3 is 2.23 bits per heavy atom. The summed E-state index contributed by atoms with van der Waals surface area (Å²) in [5, 5.41) is 48.0. The van der Waals surface area contributed by atoms with Gasteiger partial charge in [0.1, 0.15) is 29.9 Å². The van der Waals surface area contributed by atoms with Crippen LogP contribution in [0, 0.1) is 0 Å². The lowest BCUT2D eigenvalue weighted by Crippen LogP contribution is -2.66. The summed E-state index contributed by atoms with van der Waals surface area (Å²) in [6.45, 7) is -0.833. The molecule has 1 fully saturated rings. The molecule has 1 saturated heterocycles. The molecule has 0 saturated carbocycles. The van der Waals surface area contributed by atoms with Crippen LogP contribution in [0.4, 0.5) is 4.79 Å². The van der Waals surface area contributed by atoms with Crippen molar-refractivity contribution in [1.82, 2.24) is 42.5 Å². The van der Waals surface area contributed by atoms with Gasteiger partial charge in [0.25, 0.3) is 5.91 Å². The highest BCUT2D eigenvalue weighted by Gasteiger charge is 2.38. The topological polar surface area (TPSA) is 367 Å². The molecule has 22 heteroatoms. The Hall–Kier alpha value is -5.06. The molecule has 262 valence electrons. The highest BCUT2D eigenvalue weighted by atomic mass is 16.3. The minimum atomic E-state index is -1.75. The summed E-state index contributed by atoms with van der Waals surface area (Å²) >= 11 is 0. The monoisotopic (exact) mass is 670 g/mol. The van der Waals surface area contributed by atoms with E-state index in [4.69, 9.17) is 17.2 Å². The Morgan fingerprint density at radius 1 is 1.00 bits per heavy atom. The molecule has 0 aliphatic carbocycles. The van der Waals surface area contributed by atoms with Crippen molar-refractivity contribution in [1.29, 1.82) is 0 Å². The molecule has 0 aromatic rings. The van der Waals surface area contributed by atoms with E-state index in [9.17, 15) is 48.9 Å². The van der Waals surface area contributed by atoms with Crippen molar-refractivity contribution in [3.63, 3.8) is 0 Å². The van der Waals surface area contributed by atoms with E-state index in [0.717, 1.165) is 0 Å². The molecule has 0 bridgehead atoms. The molecule has 22 nitrogen and oxygen atoms in total. The van der Waals surface area contributed by atoms with Gasteiger partial charge in [0, 0.05) is 31.6 Å². The van der Waals surface area contributed by atoms with Crippen molar-refractivity contribution in [3.05, 3.63) is 11.9 Å². The van der Waals surface area contributed by atoms with Crippen LogP contribution in [0.2, 0.25) is 0 Å². The molecule has 2 heterocycles. The van der Waals surface area contributed by atoms with Crippen molar-refractivity contribution in [2.75, 3.05) is 19.8 Å². The zero-order valence-electron chi connectivity index (χ0n) is 25.4. The number of hydrogen-bond donors (Lipinski definition) is 14. The number of nitrogens with zero attached hydrogens (tertiary/aromatic N) is 1. The average molecular weight is 671 g/mol. The summed E-state index contributed by atoms with van der Waals surface area (Å²) in [6, 6.07) is -9.58. The van der Waals surface area contributed by atoms with E-state index >= 15 is 0 Å². The summed E-state index contributed by atoms with van der Waals surface area (Å²) in [7, 11) is 0. The summed E-state index contributed by atoms with van der Waals surface area (Å²) in [5.74, 6) is -6.57.